The van der Waals surface area contributed by atoms with Crippen molar-refractivity contribution in [3.63, 3.8) is 0 Å². The van der Waals surface area contributed by atoms with E-state index < -0.39 is 10.0 Å². The molecule has 0 atom stereocenters. The molecule has 2 aliphatic heterocycles. The molecule has 1 N–H and O–H groups in total. The summed E-state index contributed by atoms with van der Waals surface area (Å²) in [4.78, 5) is 25.1. The Hall–Kier alpha value is -2.72. The molecule has 2 aliphatic rings. The number of aryl methyl sites for hydroxylation is 1. The Bertz CT molecular complexity index is 1040. The first-order chi connectivity index (χ1) is 14.8. The third-order valence-electron chi connectivity index (χ3n) is 5.59. The lowest BCUT2D eigenvalue weighted by Crippen LogP contribution is -2.49. The number of hydrogen-bond acceptors (Lipinski definition) is 7. The number of amides is 1. The van der Waals surface area contributed by atoms with Crippen molar-refractivity contribution in [1.29, 1.82) is 0 Å². The van der Waals surface area contributed by atoms with E-state index in [2.05, 4.69) is 20.1 Å². The summed E-state index contributed by atoms with van der Waals surface area (Å²) in [5, 5.41) is 2.65. The highest BCUT2D eigenvalue weighted by molar-refractivity contribution is 7.89. The minimum absolute atomic E-state index is 0.195. The maximum absolute atomic E-state index is 13.0. The SMILES string of the molecule is CC(=O)Nc1ccc(S(=O)(=O)N2CCN(c3cc(C)nc(N4CCCC4)n3)CC2)cc1. The van der Waals surface area contributed by atoms with Gasteiger partial charge in [-0.15, -0.1) is 0 Å². The summed E-state index contributed by atoms with van der Waals surface area (Å²) in [5.41, 5.74) is 1.49. The lowest BCUT2D eigenvalue weighted by atomic mass is 10.3. The van der Waals surface area contributed by atoms with Crippen LogP contribution in [0.4, 0.5) is 17.5 Å². The quantitative estimate of drug-likeness (QED) is 0.751. The second kappa shape index (κ2) is 8.80. The van der Waals surface area contributed by atoms with Crippen LogP contribution in [0, 0.1) is 6.92 Å². The van der Waals surface area contributed by atoms with E-state index in [1.165, 1.54) is 23.4 Å². The van der Waals surface area contributed by atoms with Gasteiger partial charge in [0.25, 0.3) is 0 Å². The molecule has 0 saturated carbocycles. The highest BCUT2D eigenvalue weighted by Gasteiger charge is 2.29. The predicted octanol–water partition coefficient (Wildman–Crippen LogP) is 1.85. The van der Waals surface area contributed by atoms with Gasteiger partial charge in [-0.1, -0.05) is 0 Å². The van der Waals surface area contributed by atoms with Gasteiger partial charge in [-0.05, 0) is 44.0 Å². The van der Waals surface area contributed by atoms with Crippen LogP contribution in [-0.2, 0) is 14.8 Å². The Balaban J connectivity index is 1.44. The van der Waals surface area contributed by atoms with Crippen LogP contribution < -0.4 is 15.1 Å². The summed E-state index contributed by atoms with van der Waals surface area (Å²) >= 11 is 0. The first-order valence-corrected chi connectivity index (χ1v) is 12.0. The standard InChI is InChI=1S/C21H28N6O3S/c1-16-15-20(24-21(22-16)26-9-3-4-10-26)25-11-13-27(14-12-25)31(29,30)19-7-5-18(6-8-19)23-17(2)28/h5-8,15H,3-4,9-14H2,1-2H3,(H,23,28). The van der Waals surface area contributed by atoms with Crippen molar-refractivity contribution in [3.8, 4) is 0 Å². The minimum atomic E-state index is -3.59. The molecule has 0 spiro atoms. The summed E-state index contributed by atoms with van der Waals surface area (Å²) in [6.07, 6.45) is 2.32. The van der Waals surface area contributed by atoms with Gasteiger partial charge in [-0.3, -0.25) is 4.79 Å². The summed E-state index contributed by atoms with van der Waals surface area (Å²) in [6, 6.07) is 8.23. The molecule has 0 radical (unpaired) electrons. The summed E-state index contributed by atoms with van der Waals surface area (Å²) in [5.74, 6) is 1.42. The summed E-state index contributed by atoms with van der Waals surface area (Å²) in [7, 11) is -3.59. The van der Waals surface area contributed by atoms with Gasteiger partial charge in [0.05, 0.1) is 4.90 Å². The molecule has 0 aliphatic carbocycles. The van der Waals surface area contributed by atoms with Crippen LogP contribution in [0.2, 0.25) is 0 Å². The molecule has 4 rings (SSSR count). The van der Waals surface area contributed by atoms with Crippen LogP contribution in [0.15, 0.2) is 35.2 Å². The fourth-order valence-electron chi connectivity index (χ4n) is 3.98. The van der Waals surface area contributed by atoms with Gasteiger partial charge in [-0.25, -0.2) is 13.4 Å². The fourth-order valence-corrected chi connectivity index (χ4v) is 5.40. The lowest BCUT2D eigenvalue weighted by Gasteiger charge is -2.35. The van der Waals surface area contributed by atoms with Crippen molar-refractivity contribution in [2.45, 2.75) is 31.6 Å². The molecule has 1 aromatic heterocycles. The molecule has 0 bridgehead atoms. The number of nitrogens with zero attached hydrogens (tertiary/aromatic N) is 5. The molecule has 10 heteroatoms. The van der Waals surface area contributed by atoms with Gasteiger partial charge < -0.3 is 15.1 Å². The summed E-state index contributed by atoms with van der Waals surface area (Å²) in [6.45, 7) is 7.26. The van der Waals surface area contributed by atoms with Gasteiger partial charge in [0, 0.05) is 63.6 Å². The van der Waals surface area contributed by atoms with Gasteiger partial charge in [0.15, 0.2) is 0 Å². The van der Waals surface area contributed by atoms with E-state index in [0.29, 0.717) is 31.9 Å². The van der Waals surface area contributed by atoms with Crippen molar-refractivity contribution < 1.29 is 13.2 Å². The van der Waals surface area contributed by atoms with Gasteiger partial charge in [-0.2, -0.15) is 9.29 Å². The van der Waals surface area contributed by atoms with E-state index in [1.54, 1.807) is 12.1 Å². The van der Waals surface area contributed by atoms with Crippen LogP contribution >= 0.6 is 0 Å². The molecule has 9 nitrogen and oxygen atoms in total. The maximum atomic E-state index is 13.0. The van der Waals surface area contributed by atoms with E-state index in [4.69, 9.17) is 4.98 Å². The van der Waals surface area contributed by atoms with E-state index in [-0.39, 0.29) is 10.8 Å². The van der Waals surface area contributed by atoms with Crippen LogP contribution in [0.5, 0.6) is 0 Å². The molecule has 166 valence electrons. The number of carbonyl (C=O) groups is 1. The first kappa shape index (κ1) is 21.5. The van der Waals surface area contributed by atoms with Crippen molar-refractivity contribution in [1.82, 2.24) is 14.3 Å². The van der Waals surface area contributed by atoms with Crippen LogP contribution in [-0.4, -0.2) is 67.9 Å². The van der Waals surface area contributed by atoms with E-state index in [0.717, 1.165) is 43.4 Å². The molecular formula is C21H28N6O3S. The number of aromatic nitrogens is 2. The van der Waals surface area contributed by atoms with Gasteiger partial charge in [0.2, 0.25) is 21.9 Å². The van der Waals surface area contributed by atoms with E-state index in [9.17, 15) is 13.2 Å². The maximum Gasteiger partial charge on any atom is 0.243 e. The molecule has 1 amide bonds. The van der Waals surface area contributed by atoms with Crippen molar-refractivity contribution in [2.75, 3.05) is 54.4 Å². The molecule has 3 heterocycles. The Kier molecular flexibility index (Phi) is 6.10. The normalized spacial score (nSPS) is 17.7. The van der Waals surface area contributed by atoms with Gasteiger partial charge >= 0.3 is 0 Å². The smallest absolute Gasteiger partial charge is 0.243 e. The average Bonchev–Trinajstić information content (AvgIpc) is 3.28. The highest BCUT2D eigenvalue weighted by Crippen LogP contribution is 2.24. The number of nitrogens with one attached hydrogen (secondary N) is 1. The van der Waals surface area contributed by atoms with E-state index >= 15 is 0 Å². The summed E-state index contributed by atoms with van der Waals surface area (Å²) < 4.78 is 27.6. The molecule has 1 aromatic carbocycles. The fraction of sp³-hybridized carbons (Fsp3) is 0.476. The molecule has 2 saturated heterocycles. The van der Waals surface area contributed by atoms with Crippen LogP contribution in [0.25, 0.3) is 0 Å². The van der Waals surface area contributed by atoms with Gasteiger partial charge in [0.1, 0.15) is 5.82 Å². The number of rotatable bonds is 5. The number of piperazine rings is 1. The Morgan fingerprint density at radius 2 is 1.58 bits per heavy atom. The Morgan fingerprint density at radius 1 is 0.935 bits per heavy atom. The second-order valence-electron chi connectivity index (χ2n) is 7.96. The molecule has 31 heavy (non-hydrogen) atoms. The highest BCUT2D eigenvalue weighted by atomic mass is 32.2. The second-order valence-corrected chi connectivity index (χ2v) is 9.90. The number of hydrogen-bond donors (Lipinski definition) is 1. The topological polar surface area (TPSA) is 98.7 Å². The Morgan fingerprint density at radius 3 is 2.19 bits per heavy atom. The van der Waals surface area contributed by atoms with Crippen molar-refractivity contribution in [3.05, 3.63) is 36.0 Å². The van der Waals surface area contributed by atoms with Crippen molar-refractivity contribution in [2.24, 2.45) is 0 Å². The third kappa shape index (κ3) is 4.80. The third-order valence-corrected chi connectivity index (χ3v) is 7.51. The van der Waals surface area contributed by atoms with Crippen molar-refractivity contribution >= 4 is 33.4 Å². The average molecular weight is 445 g/mol. The molecular weight excluding hydrogens is 416 g/mol. The Labute approximate surface area is 183 Å². The van der Waals surface area contributed by atoms with Crippen LogP contribution in [0.1, 0.15) is 25.5 Å². The van der Waals surface area contributed by atoms with Crippen LogP contribution in [0.3, 0.4) is 0 Å². The number of anilines is 3. The predicted molar refractivity (Wildman–Crippen MR) is 120 cm³/mol. The lowest BCUT2D eigenvalue weighted by molar-refractivity contribution is -0.114. The zero-order valence-corrected chi connectivity index (χ0v) is 18.7. The first-order valence-electron chi connectivity index (χ1n) is 10.6. The largest absolute Gasteiger partial charge is 0.354 e. The minimum Gasteiger partial charge on any atom is -0.354 e. The zero-order valence-electron chi connectivity index (χ0n) is 17.9. The molecule has 2 fully saturated rings. The zero-order chi connectivity index (χ0) is 22.0. The number of carbonyl (C=O) groups excluding carboxylic acids is 1. The molecule has 0 unspecified atom stereocenters. The molecule has 2 aromatic rings. The van der Waals surface area contributed by atoms with E-state index in [1.807, 2.05) is 13.0 Å². The monoisotopic (exact) mass is 444 g/mol. The number of sulfonamides is 1. The number of benzene rings is 1.